The molecule has 0 heterocycles. The fourth-order valence-electron chi connectivity index (χ4n) is 2.54. The van der Waals surface area contributed by atoms with E-state index in [1.54, 1.807) is 0 Å². The van der Waals surface area contributed by atoms with Gasteiger partial charge in [-0.1, -0.05) is 13.0 Å². The third kappa shape index (κ3) is 3.63. The largest absolute Gasteiger partial charge is 0.508 e. The van der Waals surface area contributed by atoms with E-state index in [1.165, 1.54) is 12.8 Å². The number of nitrogens with zero attached hydrogens (tertiary/aromatic N) is 1. The van der Waals surface area contributed by atoms with E-state index in [2.05, 4.69) is 37.1 Å². The third-order valence-electron chi connectivity index (χ3n) is 3.91. The SMILES string of the molecule is CCNC(C)c1ccc(N(CC)CC2CC2)cc1O. The quantitative estimate of drug-likeness (QED) is 0.791. The van der Waals surface area contributed by atoms with Crippen LogP contribution in [0.15, 0.2) is 18.2 Å². The van der Waals surface area contributed by atoms with E-state index in [0.29, 0.717) is 5.75 Å². The number of anilines is 1. The summed E-state index contributed by atoms with van der Waals surface area (Å²) in [6, 6.07) is 6.29. The molecule has 2 rings (SSSR count). The summed E-state index contributed by atoms with van der Waals surface area (Å²) in [5, 5.41) is 13.5. The van der Waals surface area contributed by atoms with E-state index < -0.39 is 0 Å². The molecule has 0 radical (unpaired) electrons. The lowest BCUT2D eigenvalue weighted by Crippen LogP contribution is -2.25. The van der Waals surface area contributed by atoms with Gasteiger partial charge in [-0.25, -0.2) is 0 Å². The fraction of sp³-hybridized carbons (Fsp3) is 0.625. The normalized spacial score (nSPS) is 16.4. The van der Waals surface area contributed by atoms with Crippen LogP contribution in [0.3, 0.4) is 0 Å². The van der Waals surface area contributed by atoms with Crippen LogP contribution in [0.2, 0.25) is 0 Å². The molecular weight excluding hydrogens is 236 g/mol. The van der Waals surface area contributed by atoms with Crippen LogP contribution in [-0.4, -0.2) is 24.7 Å². The number of rotatable bonds is 7. The van der Waals surface area contributed by atoms with Crippen molar-refractivity contribution in [2.75, 3.05) is 24.5 Å². The maximum atomic E-state index is 10.2. The van der Waals surface area contributed by atoms with Crippen molar-refractivity contribution in [3.63, 3.8) is 0 Å². The minimum absolute atomic E-state index is 0.192. The molecule has 19 heavy (non-hydrogen) atoms. The minimum Gasteiger partial charge on any atom is -0.508 e. The first-order chi connectivity index (χ1) is 9.15. The predicted octanol–water partition coefficient (Wildman–Crippen LogP) is 3.30. The molecule has 1 fully saturated rings. The van der Waals surface area contributed by atoms with Gasteiger partial charge in [-0.3, -0.25) is 0 Å². The summed E-state index contributed by atoms with van der Waals surface area (Å²) >= 11 is 0. The molecule has 0 aromatic heterocycles. The Kier molecular flexibility index (Phi) is 4.70. The lowest BCUT2D eigenvalue weighted by molar-refractivity contribution is 0.454. The molecule has 106 valence electrons. The van der Waals surface area contributed by atoms with Crippen LogP contribution in [0.1, 0.15) is 45.2 Å². The molecule has 0 aliphatic heterocycles. The molecule has 3 nitrogen and oxygen atoms in total. The first-order valence-corrected chi connectivity index (χ1v) is 7.46. The molecule has 2 N–H and O–H groups in total. The number of nitrogens with one attached hydrogen (secondary N) is 1. The Morgan fingerprint density at radius 1 is 1.37 bits per heavy atom. The summed E-state index contributed by atoms with van der Waals surface area (Å²) < 4.78 is 0. The second-order valence-electron chi connectivity index (χ2n) is 5.50. The maximum absolute atomic E-state index is 10.2. The van der Waals surface area contributed by atoms with E-state index >= 15 is 0 Å². The zero-order chi connectivity index (χ0) is 13.8. The Balaban J connectivity index is 2.11. The van der Waals surface area contributed by atoms with Crippen molar-refractivity contribution in [3.05, 3.63) is 23.8 Å². The van der Waals surface area contributed by atoms with Gasteiger partial charge in [0.2, 0.25) is 0 Å². The highest BCUT2D eigenvalue weighted by molar-refractivity contribution is 5.54. The van der Waals surface area contributed by atoms with Gasteiger partial charge in [0, 0.05) is 36.4 Å². The Hall–Kier alpha value is -1.22. The Bertz CT molecular complexity index is 415. The molecular formula is C16H26N2O. The first-order valence-electron chi connectivity index (χ1n) is 7.46. The zero-order valence-corrected chi connectivity index (χ0v) is 12.3. The van der Waals surface area contributed by atoms with E-state index in [4.69, 9.17) is 0 Å². The van der Waals surface area contributed by atoms with Crippen LogP contribution < -0.4 is 10.2 Å². The summed E-state index contributed by atoms with van der Waals surface area (Å²) in [4.78, 5) is 2.36. The molecule has 1 aromatic carbocycles. The van der Waals surface area contributed by atoms with Crippen LogP contribution in [0.25, 0.3) is 0 Å². The maximum Gasteiger partial charge on any atom is 0.122 e. The molecule has 3 heteroatoms. The lowest BCUT2D eigenvalue weighted by atomic mass is 10.1. The number of hydrogen-bond donors (Lipinski definition) is 2. The number of hydrogen-bond acceptors (Lipinski definition) is 3. The molecule has 1 aliphatic rings. The van der Waals surface area contributed by atoms with Crippen LogP contribution in [-0.2, 0) is 0 Å². The summed E-state index contributed by atoms with van der Waals surface area (Å²) in [5.74, 6) is 1.27. The molecule has 0 amide bonds. The van der Waals surface area contributed by atoms with Gasteiger partial charge in [0.05, 0.1) is 0 Å². The monoisotopic (exact) mass is 262 g/mol. The van der Waals surface area contributed by atoms with Crippen LogP contribution in [0, 0.1) is 5.92 Å². The molecule has 0 bridgehead atoms. The van der Waals surface area contributed by atoms with Gasteiger partial charge in [0.15, 0.2) is 0 Å². The second-order valence-corrected chi connectivity index (χ2v) is 5.50. The van der Waals surface area contributed by atoms with Crippen molar-refractivity contribution in [2.24, 2.45) is 5.92 Å². The average Bonchev–Trinajstić information content (AvgIpc) is 3.20. The van der Waals surface area contributed by atoms with Gasteiger partial charge in [-0.2, -0.15) is 0 Å². The van der Waals surface area contributed by atoms with Gasteiger partial charge in [-0.15, -0.1) is 0 Å². The third-order valence-corrected chi connectivity index (χ3v) is 3.91. The number of benzene rings is 1. The minimum atomic E-state index is 0.192. The summed E-state index contributed by atoms with van der Waals surface area (Å²) in [6.45, 7) is 9.37. The summed E-state index contributed by atoms with van der Waals surface area (Å²) in [5.41, 5.74) is 2.12. The van der Waals surface area contributed by atoms with E-state index in [1.807, 2.05) is 12.1 Å². The zero-order valence-electron chi connectivity index (χ0n) is 12.3. The van der Waals surface area contributed by atoms with E-state index in [9.17, 15) is 5.11 Å². The van der Waals surface area contributed by atoms with Crippen LogP contribution >= 0.6 is 0 Å². The predicted molar refractivity (Wildman–Crippen MR) is 80.8 cm³/mol. The Labute approximate surface area is 116 Å². The van der Waals surface area contributed by atoms with Gasteiger partial charge in [0.1, 0.15) is 5.75 Å². The standard InChI is InChI=1S/C16H26N2O/c1-4-17-12(3)15-9-8-14(10-16(15)19)18(5-2)11-13-6-7-13/h8-10,12-13,17,19H,4-7,11H2,1-3H3. The number of phenolic OH excluding ortho intramolecular Hbond substituents is 1. The molecule has 1 atom stereocenters. The topological polar surface area (TPSA) is 35.5 Å². The Morgan fingerprint density at radius 2 is 2.11 bits per heavy atom. The average molecular weight is 262 g/mol. The van der Waals surface area contributed by atoms with Crippen molar-refractivity contribution in [2.45, 2.75) is 39.7 Å². The van der Waals surface area contributed by atoms with Crippen molar-refractivity contribution in [3.8, 4) is 5.75 Å². The highest BCUT2D eigenvalue weighted by atomic mass is 16.3. The van der Waals surface area contributed by atoms with Crippen molar-refractivity contribution in [1.82, 2.24) is 5.32 Å². The first kappa shape index (κ1) is 14.2. The highest BCUT2D eigenvalue weighted by Gasteiger charge is 2.24. The highest BCUT2D eigenvalue weighted by Crippen LogP contribution is 2.33. The van der Waals surface area contributed by atoms with E-state index in [0.717, 1.165) is 36.8 Å². The molecule has 0 spiro atoms. The van der Waals surface area contributed by atoms with Crippen molar-refractivity contribution in [1.29, 1.82) is 0 Å². The molecule has 1 aliphatic carbocycles. The molecule has 1 aromatic rings. The fourth-order valence-corrected chi connectivity index (χ4v) is 2.54. The van der Waals surface area contributed by atoms with E-state index in [-0.39, 0.29) is 6.04 Å². The lowest BCUT2D eigenvalue weighted by Gasteiger charge is -2.24. The smallest absolute Gasteiger partial charge is 0.122 e. The van der Waals surface area contributed by atoms with Gasteiger partial charge < -0.3 is 15.3 Å². The second kappa shape index (κ2) is 6.29. The van der Waals surface area contributed by atoms with Crippen molar-refractivity contribution < 1.29 is 5.11 Å². The number of phenols is 1. The molecule has 1 unspecified atom stereocenters. The number of aromatic hydroxyl groups is 1. The van der Waals surface area contributed by atoms with Gasteiger partial charge in [-0.05, 0) is 45.2 Å². The molecule has 1 saturated carbocycles. The van der Waals surface area contributed by atoms with Gasteiger partial charge >= 0.3 is 0 Å². The van der Waals surface area contributed by atoms with Crippen LogP contribution in [0.5, 0.6) is 5.75 Å². The Morgan fingerprint density at radius 3 is 2.63 bits per heavy atom. The summed E-state index contributed by atoms with van der Waals surface area (Å²) in [6.07, 6.45) is 2.72. The van der Waals surface area contributed by atoms with Crippen LogP contribution in [0.4, 0.5) is 5.69 Å². The van der Waals surface area contributed by atoms with Gasteiger partial charge in [0.25, 0.3) is 0 Å². The van der Waals surface area contributed by atoms with Crippen molar-refractivity contribution >= 4 is 5.69 Å². The molecule has 0 saturated heterocycles. The summed E-state index contributed by atoms with van der Waals surface area (Å²) in [7, 11) is 0.